The van der Waals surface area contributed by atoms with Crippen molar-refractivity contribution in [1.29, 1.82) is 0 Å². The van der Waals surface area contributed by atoms with Gasteiger partial charge in [0.15, 0.2) is 0 Å². The zero-order chi connectivity index (χ0) is 20.4. The Labute approximate surface area is 127 Å². The first-order valence-corrected chi connectivity index (χ1v) is 5.43. The van der Waals surface area contributed by atoms with Crippen LogP contribution >= 0.6 is 0 Å². The molecule has 1 saturated heterocycles. The molecule has 1 aliphatic rings. The predicted octanol–water partition coefficient (Wildman–Crippen LogP) is 4.74. The average Bonchev–Trinajstić information content (AvgIpc) is 2.39. The number of rotatable bonds is 2. The van der Waals surface area contributed by atoms with Crippen LogP contribution in [0.15, 0.2) is 11.7 Å². The number of alkyl halides is 13. The molecule has 0 spiro atoms. The van der Waals surface area contributed by atoms with E-state index in [0.29, 0.717) is 0 Å². The number of nitrogens with zero attached hydrogens (tertiary/aromatic N) is 1. The summed E-state index contributed by atoms with van der Waals surface area (Å²) in [5.41, 5.74) is -4.14. The smallest absolute Gasteiger partial charge is 0.437 e. The van der Waals surface area contributed by atoms with E-state index < -0.39 is 52.6 Å². The maximum atomic E-state index is 13.4. The van der Waals surface area contributed by atoms with Crippen LogP contribution in [0.5, 0.6) is 0 Å². The van der Waals surface area contributed by atoms with Gasteiger partial charge in [-0.2, -0.15) is 61.5 Å². The van der Waals surface area contributed by atoms with Gasteiger partial charge in [-0.3, -0.25) is 0 Å². The van der Waals surface area contributed by atoms with E-state index in [0.717, 1.165) is 0 Å². The first-order chi connectivity index (χ1) is 10.7. The summed E-state index contributed by atoms with van der Waals surface area (Å²) >= 11 is 0. The Kier molecular flexibility index (Phi) is 4.44. The molecule has 0 aromatic carbocycles. The summed E-state index contributed by atoms with van der Waals surface area (Å²) in [5.74, 6) is -22.4. The molecule has 0 aromatic heterocycles. The zero-order valence-corrected chi connectivity index (χ0v) is 11.1. The molecular weight excluding hydrogens is 404 g/mol. The molecule has 148 valence electrons. The number of ether oxygens (including phenoxy) is 1. The maximum absolute atomic E-state index is 13.4. The fraction of sp³-hybridized carbons (Fsp3) is 0.778. The first-order valence-electron chi connectivity index (χ1n) is 5.43. The lowest BCUT2D eigenvalue weighted by atomic mass is 9.92. The fourth-order valence-corrected chi connectivity index (χ4v) is 1.74. The van der Waals surface area contributed by atoms with Crippen molar-refractivity contribution in [2.75, 3.05) is 7.11 Å². The molecule has 1 heterocycles. The molecule has 0 amide bonds. The van der Waals surface area contributed by atoms with Crippen LogP contribution in [-0.2, 0) is 4.74 Å². The molecule has 0 unspecified atom stereocenters. The fourth-order valence-electron chi connectivity index (χ4n) is 1.74. The molecule has 0 atom stereocenters. The molecule has 16 heteroatoms. The number of likely N-dealkylation sites (tertiary alicyclic amines) is 1. The van der Waals surface area contributed by atoms with Gasteiger partial charge in [0.25, 0.3) is 0 Å². The van der Waals surface area contributed by atoms with E-state index in [9.17, 15) is 61.5 Å². The SMILES string of the molecule is CO/C(F)=C(/N1C(F)(F)C(F)(F)C(F)(F)C(F)(F)C1(F)F)C(F)(F)F. The Hall–Kier alpha value is -1.64. The van der Waals surface area contributed by atoms with Crippen LogP contribution in [0.4, 0.5) is 61.5 Å². The van der Waals surface area contributed by atoms with E-state index in [2.05, 4.69) is 4.74 Å². The number of methoxy groups -OCH3 is 1. The molecule has 1 rings (SSSR count). The summed E-state index contributed by atoms with van der Waals surface area (Å²) in [4.78, 5) is -3.45. The Bertz CT molecular complexity index is 545. The van der Waals surface area contributed by atoms with Crippen molar-refractivity contribution in [3.8, 4) is 0 Å². The number of hydrogen-bond donors (Lipinski definition) is 0. The second-order valence-corrected chi connectivity index (χ2v) is 4.47. The Morgan fingerprint density at radius 2 is 1.04 bits per heavy atom. The number of halogens is 14. The van der Waals surface area contributed by atoms with E-state index >= 15 is 0 Å². The highest BCUT2D eigenvalue weighted by atomic mass is 19.4. The highest BCUT2D eigenvalue weighted by Gasteiger charge is 2.96. The summed E-state index contributed by atoms with van der Waals surface area (Å²) in [6.07, 6.45) is -6.74. The lowest BCUT2D eigenvalue weighted by Gasteiger charge is -2.52. The second kappa shape index (κ2) is 5.18. The highest BCUT2D eigenvalue weighted by Crippen LogP contribution is 2.66. The quantitative estimate of drug-likeness (QED) is 0.373. The van der Waals surface area contributed by atoms with Gasteiger partial charge in [0.2, 0.25) is 5.70 Å². The largest absolute Gasteiger partial charge is 0.473 e. The van der Waals surface area contributed by atoms with Crippen LogP contribution < -0.4 is 0 Å². The minimum Gasteiger partial charge on any atom is -0.473 e. The molecule has 0 radical (unpaired) electrons. The second-order valence-electron chi connectivity index (χ2n) is 4.47. The van der Waals surface area contributed by atoms with Crippen molar-refractivity contribution in [3.63, 3.8) is 0 Å². The van der Waals surface area contributed by atoms with Gasteiger partial charge < -0.3 is 4.74 Å². The minimum atomic E-state index is -7.50. The molecule has 0 aliphatic carbocycles. The van der Waals surface area contributed by atoms with Crippen LogP contribution in [0.2, 0.25) is 0 Å². The summed E-state index contributed by atoms with van der Waals surface area (Å²) in [6, 6.07) is -18.1. The summed E-state index contributed by atoms with van der Waals surface area (Å²) in [6.45, 7) is 0. The number of allylic oxidation sites excluding steroid dienone is 1. The number of piperidine rings is 1. The van der Waals surface area contributed by atoms with Gasteiger partial charge in [-0.25, -0.2) is 4.90 Å². The summed E-state index contributed by atoms with van der Waals surface area (Å²) < 4.78 is 185. The lowest BCUT2D eigenvalue weighted by Crippen LogP contribution is -2.81. The minimum absolute atomic E-state index is 0.0911. The van der Waals surface area contributed by atoms with Crippen molar-refractivity contribution in [3.05, 3.63) is 11.7 Å². The molecule has 1 aliphatic heterocycles. The summed E-state index contributed by atoms with van der Waals surface area (Å²) in [5, 5.41) is 0. The Morgan fingerprint density at radius 3 is 1.28 bits per heavy atom. The van der Waals surface area contributed by atoms with Gasteiger partial charge in [0.05, 0.1) is 7.11 Å². The normalized spacial score (nSPS) is 27.6. The van der Waals surface area contributed by atoms with E-state index in [1.165, 1.54) is 0 Å². The zero-order valence-electron chi connectivity index (χ0n) is 11.1. The standard InChI is InChI=1S/C9H3F14NO/c1-25-3(10)2(4(11,12)13)24-8(20,21)6(16,17)5(14,15)7(18,19)9(24,22)23/h1H3/b3-2+. The molecule has 0 aromatic rings. The topological polar surface area (TPSA) is 12.5 Å². The molecular formula is C9H3F14NO. The first kappa shape index (κ1) is 21.4. The van der Waals surface area contributed by atoms with Gasteiger partial charge in [-0.15, -0.1) is 0 Å². The van der Waals surface area contributed by atoms with Crippen LogP contribution in [0.1, 0.15) is 0 Å². The van der Waals surface area contributed by atoms with Gasteiger partial charge in [0, 0.05) is 0 Å². The Balaban J connectivity index is 3.97. The molecule has 0 N–H and O–H groups in total. The molecule has 0 bridgehead atoms. The van der Waals surface area contributed by atoms with E-state index in [1.54, 1.807) is 0 Å². The van der Waals surface area contributed by atoms with Crippen molar-refractivity contribution in [1.82, 2.24) is 4.90 Å². The van der Waals surface area contributed by atoms with Gasteiger partial charge >= 0.3 is 42.0 Å². The molecule has 0 saturated carbocycles. The van der Waals surface area contributed by atoms with Crippen LogP contribution in [0, 0.1) is 0 Å². The molecule has 2 nitrogen and oxygen atoms in total. The van der Waals surface area contributed by atoms with Crippen molar-refractivity contribution < 1.29 is 66.2 Å². The van der Waals surface area contributed by atoms with E-state index in [4.69, 9.17) is 0 Å². The van der Waals surface area contributed by atoms with Crippen LogP contribution in [-0.4, -0.2) is 48.0 Å². The third-order valence-corrected chi connectivity index (χ3v) is 2.96. The third-order valence-electron chi connectivity index (χ3n) is 2.96. The third kappa shape index (κ3) is 2.38. The maximum Gasteiger partial charge on any atom is 0.437 e. The lowest BCUT2D eigenvalue weighted by molar-refractivity contribution is -0.503. The van der Waals surface area contributed by atoms with Crippen LogP contribution in [0.3, 0.4) is 0 Å². The predicted molar refractivity (Wildman–Crippen MR) is 47.8 cm³/mol. The van der Waals surface area contributed by atoms with Crippen molar-refractivity contribution >= 4 is 0 Å². The van der Waals surface area contributed by atoms with Crippen molar-refractivity contribution in [2.45, 2.75) is 36.0 Å². The average molecular weight is 407 g/mol. The monoisotopic (exact) mass is 407 g/mol. The Morgan fingerprint density at radius 1 is 0.720 bits per heavy atom. The van der Waals surface area contributed by atoms with Crippen molar-refractivity contribution in [2.24, 2.45) is 0 Å². The highest BCUT2D eigenvalue weighted by molar-refractivity contribution is 5.23. The van der Waals surface area contributed by atoms with Crippen LogP contribution in [0.25, 0.3) is 0 Å². The van der Waals surface area contributed by atoms with E-state index in [1.807, 2.05) is 0 Å². The van der Waals surface area contributed by atoms with E-state index in [-0.39, 0.29) is 7.11 Å². The van der Waals surface area contributed by atoms with Gasteiger partial charge in [-0.05, 0) is 0 Å². The van der Waals surface area contributed by atoms with Gasteiger partial charge in [-0.1, -0.05) is 0 Å². The molecule has 25 heavy (non-hydrogen) atoms. The molecule has 1 fully saturated rings. The summed E-state index contributed by atoms with van der Waals surface area (Å²) in [7, 11) is -0.0911. The number of hydrogen-bond acceptors (Lipinski definition) is 2. The van der Waals surface area contributed by atoms with Gasteiger partial charge in [0.1, 0.15) is 0 Å².